The molecule has 1 unspecified atom stereocenters. The quantitative estimate of drug-likeness (QED) is 0.441. The minimum absolute atomic E-state index is 0.343. The van der Waals surface area contributed by atoms with E-state index >= 15 is 0 Å². The summed E-state index contributed by atoms with van der Waals surface area (Å²) in [4.78, 5) is 18.0. The Morgan fingerprint density at radius 2 is 1.97 bits per heavy atom. The molecule has 0 spiro atoms. The number of anilines is 1. The largest absolute Gasteiger partial charge is 0.497 e. The van der Waals surface area contributed by atoms with Gasteiger partial charge < -0.3 is 19.5 Å². The number of rotatable bonds is 7. The van der Waals surface area contributed by atoms with Crippen LogP contribution in [0, 0.1) is 0 Å². The maximum absolute atomic E-state index is 13.2. The fourth-order valence-electron chi connectivity index (χ4n) is 3.95. The van der Waals surface area contributed by atoms with Gasteiger partial charge in [-0.2, -0.15) is 0 Å². The molecule has 2 heterocycles. The molecule has 1 aromatic heterocycles. The van der Waals surface area contributed by atoms with Crippen molar-refractivity contribution in [1.29, 1.82) is 0 Å². The number of methoxy groups -OCH3 is 2. The summed E-state index contributed by atoms with van der Waals surface area (Å²) >= 11 is 0. The summed E-state index contributed by atoms with van der Waals surface area (Å²) in [5.74, 6) is 1.64. The van der Waals surface area contributed by atoms with Crippen LogP contribution in [0.4, 0.5) is 5.95 Å². The molecule has 1 aliphatic heterocycles. The van der Waals surface area contributed by atoms with Gasteiger partial charge in [-0.15, -0.1) is 0 Å². The van der Waals surface area contributed by atoms with E-state index in [0.717, 1.165) is 29.4 Å². The van der Waals surface area contributed by atoms with E-state index in [4.69, 9.17) is 19.2 Å². The first-order valence-electron chi connectivity index (χ1n) is 10.4. The van der Waals surface area contributed by atoms with E-state index < -0.39 is 6.04 Å². The van der Waals surface area contributed by atoms with Crippen molar-refractivity contribution in [3.8, 4) is 11.5 Å². The fraction of sp³-hybridized carbons (Fsp3) is 0.333. The summed E-state index contributed by atoms with van der Waals surface area (Å²) in [5, 5.41) is 3.30. The molecule has 0 radical (unpaired) electrons. The summed E-state index contributed by atoms with van der Waals surface area (Å²) < 4.78 is 18.7. The van der Waals surface area contributed by atoms with Crippen LogP contribution >= 0.6 is 0 Å². The molecule has 31 heavy (non-hydrogen) atoms. The Labute approximate surface area is 181 Å². The number of hydrogen-bond acceptors (Lipinski definition) is 6. The number of unbranched alkanes of at least 4 members (excludes halogenated alkanes) is 1. The Kier molecular flexibility index (Phi) is 5.84. The molecule has 7 nitrogen and oxygen atoms in total. The Morgan fingerprint density at radius 1 is 1.16 bits per heavy atom. The molecule has 3 aromatic rings. The molecule has 0 fully saturated rings. The zero-order chi connectivity index (χ0) is 22.0. The molecule has 0 aliphatic carbocycles. The van der Waals surface area contributed by atoms with Crippen LogP contribution in [0.1, 0.15) is 38.3 Å². The predicted molar refractivity (Wildman–Crippen MR) is 120 cm³/mol. The average molecular weight is 421 g/mol. The lowest BCUT2D eigenvalue weighted by Crippen LogP contribution is -2.29. The summed E-state index contributed by atoms with van der Waals surface area (Å²) in [6.45, 7) is 4.33. The molecule has 162 valence electrons. The van der Waals surface area contributed by atoms with Gasteiger partial charge in [0.15, 0.2) is 0 Å². The number of esters is 1. The number of carbonyl (C=O) groups is 1. The van der Waals surface area contributed by atoms with Gasteiger partial charge in [-0.1, -0.05) is 25.5 Å². The Morgan fingerprint density at radius 3 is 2.71 bits per heavy atom. The summed E-state index contributed by atoms with van der Waals surface area (Å²) in [6.07, 6.45) is 1.77. The summed E-state index contributed by atoms with van der Waals surface area (Å²) in [7, 11) is 3.23. The molecule has 4 rings (SSSR count). The first-order valence-corrected chi connectivity index (χ1v) is 10.4. The van der Waals surface area contributed by atoms with Crippen LogP contribution in [-0.2, 0) is 9.53 Å². The highest BCUT2D eigenvalue weighted by atomic mass is 16.5. The lowest BCUT2D eigenvalue weighted by atomic mass is 9.94. The van der Waals surface area contributed by atoms with Crippen LogP contribution in [-0.4, -0.2) is 36.3 Å². The van der Waals surface area contributed by atoms with Crippen molar-refractivity contribution in [3.63, 3.8) is 0 Å². The number of ether oxygens (including phenoxy) is 3. The van der Waals surface area contributed by atoms with Crippen LogP contribution in [0.15, 0.2) is 53.7 Å². The standard InChI is InChI=1S/C24H27N3O4/c1-5-6-13-31-23(28)21-15(2)25-24-26-18-9-7-8-10-19(18)27(24)22(21)17-12-11-16(29-3)14-20(17)30-4/h7-12,14,22H,5-6,13H2,1-4H3,(H,25,26). The van der Waals surface area contributed by atoms with E-state index in [9.17, 15) is 4.79 Å². The van der Waals surface area contributed by atoms with Crippen molar-refractivity contribution in [2.24, 2.45) is 0 Å². The SMILES string of the molecule is CCCCOC(=O)C1=C(C)Nc2nc3ccccc3n2C1c1ccc(OC)cc1OC. The minimum Gasteiger partial charge on any atom is -0.497 e. The van der Waals surface area contributed by atoms with Crippen LogP contribution in [0.2, 0.25) is 0 Å². The second-order valence-corrected chi connectivity index (χ2v) is 7.46. The highest BCUT2D eigenvalue weighted by Crippen LogP contribution is 2.43. The van der Waals surface area contributed by atoms with Gasteiger partial charge in [-0.3, -0.25) is 4.57 Å². The second-order valence-electron chi connectivity index (χ2n) is 7.46. The highest BCUT2D eigenvalue weighted by Gasteiger charge is 2.36. The van der Waals surface area contributed by atoms with Gasteiger partial charge in [-0.05, 0) is 37.6 Å². The monoisotopic (exact) mass is 421 g/mol. The molecular formula is C24H27N3O4. The van der Waals surface area contributed by atoms with E-state index in [0.29, 0.717) is 35.3 Å². The predicted octanol–water partition coefficient (Wildman–Crippen LogP) is 4.69. The van der Waals surface area contributed by atoms with E-state index in [1.165, 1.54) is 0 Å². The molecule has 1 atom stereocenters. The molecule has 0 saturated carbocycles. The number of imidazole rings is 1. The van der Waals surface area contributed by atoms with Crippen LogP contribution in [0.25, 0.3) is 11.0 Å². The highest BCUT2D eigenvalue weighted by molar-refractivity contribution is 5.94. The van der Waals surface area contributed by atoms with Crippen LogP contribution in [0.5, 0.6) is 11.5 Å². The Hall–Kier alpha value is -3.48. The molecule has 1 N–H and O–H groups in total. The first-order chi connectivity index (χ1) is 15.1. The summed E-state index contributed by atoms with van der Waals surface area (Å²) in [6, 6.07) is 13.0. The smallest absolute Gasteiger partial charge is 0.338 e. The Bertz CT molecular complexity index is 1150. The summed E-state index contributed by atoms with van der Waals surface area (Å²) in [5.41, 5.74) is 3.84. The van der Waals surface area contributed by atoms with Crippen molar-refractivity contribution in [2.45, 2.75) is 32.7 Å². The molecule has 7 heteroatoms. The lowest BCUT2D eigenvalue weighted by molar-refractivity contribution is -0.139. The van der Waals surface area contributed by atoms with E-state index in [-0.39, 0.29) is 5.97 Å². The topological polar surface area (TPSA) is 74.6 Å². The average Bonchev–Trinajstić information content (AvgIpc) is 3.15. The van der Waals surface area contributed by atoms with Gasteiger partial charge >= 0.3 is 5.97 Å². The van der Waals surface area contributed by atoms with Gasteiger partial charge in [0.2, 0.25) is 5.95 Å². The number of aromatic nitrogens is 2. The minimum atomic E-state index is -0.460. The van der Waals surface area contributed by atoms with Crippen LogP contribution in [0.3, 0.4) is 0 Å². The van der Waals surface area contributed by atoms with Gasteiger partial charge in [0.1, 0.15) is 11.5 Å². The molecule has 0 saturated heterocycles. The molecule has 0 bridgehead atoms. The fourth-order valence-corrected chi connectivity index (χ4v) is 3.95. The number of allylic oxidation sites excluding steroid dienone is 1. The second kappa shape index (κ2) is 8.71. The third kappa shape index (κ3) is 3.71. The number of nitrogens with zero attached hydrogens (tertiary/aromatic N) is 2. The number of carbonyl (C=O) groups excluding carboxylic acids is 1. The molecule has 2 aromatic carbocycles. The zero-order valence-corrected chi connectivity index (χ0v) is 18.3. The third-order valence-corrected chi connectivity index (χ3v) is 5.52. The number of nitrogens with one attached hydrogen (secondary N) is 1. The van der Waals surface area contributed by atoms with Gasteiger partial charge in [0.05, 0.1) is 43.5 Å². The van der Waals surface area contributed by atoms with Gasteiger partial charge in [0, 0.05) is 17.3 Å². The number of para-hydroxylation sites is 2. The van der Waals surface area contributed by atoms with Crippen molar-refractivity contribution < 1.29 is 19.0 Å². The van der Waals surface area contributed by atoms with E-state index in [2.05, 4.69) is 12.2 Å². The van der Waals surface area contributed by atoms with Crippen molar-refractivity contribution in [3.05, 3.63) is 59.3 Å². The maximum atomic E-state index is 13.2. The third-order valence-electron chi connectivity index (χ3n) is 5.52. The number of hydrogen-bond donors (Lipinski definition) is 1. The maximum Gasteiger partial charge on any atom is 0.338 e. The normalized spacial score (nSPS) is 15.4. The lowest BCUT2D eigenvalue weighted by Gasteiger charge is -2.31. The molecule has 1 aliphatic rings. The van der Waals surface area contributed by atoms with Crippen LogP contribution < -0.4 is 14.8 Å². The van der Waals surface area contributed by atoms with Crippen molar-refractivity contribution in [1.82, 2.24) is 9.55 Å². The zero-order valence-electron chi connectivity index (χ0n) is 18.3. The van der Waals surface area contributed by atoms with Crippen molar-refractivity contribution >= 4 is 23.0 Å². The van der Waals surface area contributed by atoms with E-state index in [1.54, 1.807) is 14.2 Å². The number of fused-ring (bicyclic) bond motifs is 3. The van der Waals surface area contributed by atoms with Gasteiger partial charge in [-0.25, -0.2) is 9.78 Å². The van der Waals surface area contributed by atoms with Crippen molar-refractivity contribution in [2.75, 3.05) is 26.1 Å². The van der Waals surface area contributed by atoms with Gasteiger partial charge in [0.25, 0.3) is 0 Å². The molecule has 0 amide bonds. The first kappa shape index (κ1) is 20.8. The number of benzene rings is 2. The molecular weight excluding hydrogens is 394 g/mol. The van der Waals surface area contributed by atoms with E-state index in [1.807, 2.05) is 54.0 Å². The Balaban J connectivity index is 1.92.